The van der Waals surface area contributed by atoms with Gasteiger partial charge in [0.15, 0.2) is 0 Å². The van der Waals surface area contributed by atoms with E-state index in [0.717, 1.165) is 0 Å². The average Bonchev–Trinajstić information content (AvgIpc) is 2.17. The van der Waals surface area contributed by atoms with Crippen LogP contribution in [0.2, 0.25) is 0 Å². The predicted octanol–water partition coefficient (Wildman–Crippen LogP) is -0.645. The standard InChI is InChI=1S/C7H10N4O3/c1-14-7-9-3-5(10-11-7)4(8)2-6(12)13/h3-4H,2,8H2,1H3,(H,12,13). The van der Waals surface area contributed by atoms with E-state index in [0.29, 0.717) is 5.69 Å². The van der Waals surface area contributed by atoms with Crippen LogP contribution in [0.15, 0.2) is 6.20 Å². The Kier molecular flexibility index (Phi) is 3.29. The molecule has 76 valence electrons. The molecule has 0 aromatic carbocycles. The van der Waals surface area contributed by atoms with Gasteiger partial charge in [0.2, 0.25) is 0 Å². The molecule has 0 aliphatic rings. The van der Waals surface area contributed by atoms with Gasteiger partial charge in [-0.3, -0.25) is 4.79 Å². The van der Waals surface area contributed by atoms with Crippen LogP contribution in [0.4, 0.5) is 0 Å². The van der Waals surface area contributed by atoms with Crippen LogP contribution < -0.4 is 10.5 Å². The van der Waals surface area contributed by atoms with Gasteiger partial charge in [-0.2, -0.15) is 0 Å². The number of carboxylic acids is 1. The second-order valence-corrected chi connectivity index (χ2v) is 2.57. The molecule has 0 bridgehead atoms. The van der Waals surface area contributed by atoms with Crippen LogP contribution >= 0.6 is 0 Å². The molecular formula is C7H10N4O3. The Balaban J connectivity index is 2.71. The first-order valence-corrected chi connectivity index (χ1v) is 3.84. The Hall–Kier alpha value is -1.76. The van der Waals surface area contributed by atoms with E-state index >= 15 is 0 Å². The Labute approximate surface area is 79.9 Å². The molecule has 14 heavy (non-hydrogen) atoms. The number of carboxylic acid groups (broad SMARTS) is 1. The Bertz CT molecular complexity index is 313. The van der Waals surface area contributed by atoms with Crippen LogP contribution in [-0.4, -0.2) is 33.4 Å². The third kappa shape index (κ3) is 2.63. The summed E-state index contributed by atoms with van der Waals surface area (Å²) in [5.74, 6) is -0.991. The number of rotatable bonds is 4. The zero-order chi connectivity index (χ0) is 10.6. The first-order chi connectivity index (χ1) is 6.63. The topological polar surface area (TPSA) is 111 Å². The molecule has 0 saturated heterocycles. The minimum absolute atomic E-state index is 0.122. The molecule has 1 aromatic rings. The van der Waals surface area contributed by atoms with E-state index in [1.807, 2.05) is 0 Å². The number of aromatic nitrogens is 3. The quantitative estimate of drug-likeness (QED) is 0.661. The van der Waals surface area contributed by atoms with Crippen LogP contribution in [0.25, 0.3) is 0 Å². The van der Waals surface area contributed by atoms with Crippen molar-refractivity contribution >= 4 is 5.97 Å². The molecule has 1 atom stereocenters. The molecular weight excluding hydrogens is 188 g/mol. The van der Waals surface area contributed by atoms with E-state index < -0.39 is 12.0 Å². The van der Waals surface area contributed by atoms with E-state index in [-0.39, 0.29) is 12.4 Å². The van der Waals surface area contributed by atoms with Gasteiger partial charge in [-0.1, -0.05) is 5.10 Å². The molecule has 1 rings (SSSR count). The molecule has 1 heterocycles. The minimum atomic E-state index is -0.991. The van der Waals surface area contributed by atoms with Crippen molar-refractivity contribution in [3.8, 4) is 6.01 Å². The first-order valence-electron chi connectivity index (χ1n) is 3.84. The van der Waals surface area contributed by atoms with Crippen LogP contribution in [-0.2, 0) is 4.79 Å². The van der Waals surface area contributed by atoms with Crippen molar-refractivity contribution in [2.75, 3.05) is 7.11 Å². The summed E-state index contributed by atoms with van der Waals surface area (Å²) in [5, 5.41) is 15.7. The van der Waals surface area contributed by atoms with Gasteiger partial charge < -0.3 is 15.6 Å². The van der Waals surface area contributed by atoms with Crippen LogP contribution in [0.3, 0.4) is 0 Å². The van der Waals surface area contributed by atoms with Gasteiger partial charge in [0.25, 0.3) is 0 Å². The average molecular weight is 198 g/mol. The van der Waals surface area contributed by atoms with Gasteiger partial charge in [0, 0.05) is 0 Å². The first kappa shape index (κ1) is 10.3. The summed E-state index contributed by atoms with van der Waals surface area (Å²) in [6, 6.07) is -0.574. The fraction of sp³-hybridized carbons (Fsp3) is 0.429. The number of hydrogen-bond acceptors (Lipinski definition) is 6. The van der Waals surface area contributed by atoms with Crippen molar-refractivity contribution in [1.82, 2.24) is 15.2 Å². The van der Waals surface area contributed by atoms with E-state index in [1.165, 1.54) is 13.3 Å². The minimum Gasteiger partial charge on any atom is -0.481 e. The Morgan fingerprint density at radius 1 is 1.71 bits per heavy atom. The highest BCUT2D eigenvalue weighted by Crippen LogP contribution is 2.09. The van der Waals surface area contributed by atoms with Crippen LogP contribution in [0, 0.1) is 0 Å². The molecule has 0 amide bonds. The zero-order valence-corrected chi connectivity index (χ0v) is 7.54. The van der Waals surface area contributed by atoms with Gasteiger partial charge >= 0.3 is 12.0 Å². The molecule has 3 N–H and O–H groups in total. The smallest absolute Gasteiger partial charge is 0.335 e. The highest BCUT2D eigenvalue weighted by Gasteiger charge is 2.13. The number of aliphatic carboxylic acids is 1. The number of nitrogens with two attached hydrogens (primary N) is 1. The number of hydrogen-bond donors (Lipinski definition) is 2. The number of nitrogens with zero attached hydrogens (tertiary/aromatic N) is 3. The number of methoxy groups -OCH3 is 1. The van der Waals surface area contributed by atoms with Crippen molar-refractivity contribution in [3.63, 3.8) is 0 Å². The third-order valence-electron chi connectivity index (χ3n) is 1.52. The maximum absolute atomic E-state index is 10.3. The van der Waals surface area contributed by atoms with E-state index in [9.17, 15) is 4.79 Å². The lowest BCUT2D eigenvalue weighted by atomic mass is 10.2. The van der Waals surface area contributed by atoms with E-state index in [2.05, 4.69) is 19.9 Å². The van der Waals surface area contributed by atoms with Crippen LogP contribution in [0.5, 0.6) is 6.01 Å². The molecule has 0 saturated carbocycles. The summed E-state index contributed by atoms with van der Waals surface area (Å²) < 4.78 is 4.69. The highest BCUT2D eigenvalue weighted by atomic mass is 16.5. The summed E-state index contributed by atoms with van der Waals surface area (Å²) in [4.78, 5) is 14.1. The molecule has 1 aromatic heterocycles. The molecule has 0 aliphatic carbocycles. The normalized spacial score (nSPS) is 12.1. The highest BCUT2D eigenvalue weighted by molar-refractivity contribution is 5.67. The predicted molar refractivity (Wildman–Crippen MR) is 45.6 cm³/mol. The van der Waals surface area contributed by atoms with E-state index in [1.54, 1.807) is 0 Å². The largest absolute Gasteiger partial charge is 0.481 e. The molecule has 0 fully saturated rings. The SMILES string of the molecule is COc1ncc(C(N)CC(=O)O)nn1. The summed E-state index contributed by atoms with van der Waals surface area (Å²) in [6.45, 7) is 0. The van der Waals surface area contributed by atoms with Crippen molar-refractivity contribution in [3.05, 3.63) is 11.9 Å². The molecule has 7 nitrogen and oxygen atoms in total. The summed E-state index contributed by atoms with van der Waals surface area (Å²) >= 11 is 0. The lowest BCUT2D eigenvalue weighted by Gasteiger charge is -2.06. The summed E-state index contributed by atoms with van der Waals surface area (Å²) in [5.41, 5.74) is 5.85. The fourth-order valence-corrected chi connectivity index (χ4v) is 0.830. The van der Waals surface area contributed by atoms with Gasteiger partial charge in [-0.05, 0) is 0 Å². The van der Waals surface area contributed by atoms with Gasteiger partial charge in [0.05, 0.1) is 31.5 Å². The maximum atomic E-state index is 10.3. The lowest BCUT2D eigenvalue weighted by Crippen LogP contribution is -2.17. The van der Waals surface area contributed by atoms with E-state index in [4.69, 9.17) is 10.8 Å². The monoisotopic (exact) mass is 198 g/mol. The van der Waals surface area contributed by atoms with Crippen molar-refractivity contribution < 1.29 is 14.6 Å². The van der Waals surface area contributed by atoms with Gasteiger partial charge in [0.1, 0.15) is 0 Å². The van der Waals surface area contributed by atoms with Crippen molar-refractivity contribution in [2.24, 2.45) is 5.73 Å². The molecule has 0 radical (unpaired) electrons. The van der Waals surface area contributed by atoms with Crippen LogP contribution in [0.1, 0.15) is 18.2 Å². The maximum Gasteiger partial charge on any atom is 0.335 e. The summed E-state index contributed by atoms with van der Waals surface area (Å²) in [6.07, 6.45) is 1.14. The molecule has 0 spiro atoms. The molecule has 1 unspecified atom stereocenters. The number of ether oxygens (including phenoxy) is 1. The van der Waals surface area contributed by atoms with Gasteiger partial charge in [-0.25, -0.2) is 4.98 Å². The molecule has 0 aliphatic heterocycles. The van der Waals surface area contributed by atoms with Crippen molar-refractivity contribution in [1.29, 1.82) is 0 Å². The summed E-state index contributed by atoms with van der Waals surface area (Å²) in [7, 11) is 1.41. The zero-order valence-electron chi connectivity index (χ0n) is 7.54. The lowest BCUT2D eigenvalue weighted by molar-refractivity contribution is -0.137. The number of carbonyl (C=O) groups is 1. The fourth-order valence-electron chi connectivity index (χ4n) is 0.830. The second-order valence-electron chi connectivity index (χ2n) is 2.57. The second kappa shape index (κ2) is 4.47. The van der Waals surface area contributed by atoms with Crippen molar-refractivity contribution in [2.45, 2.75) is 12.5 Å². The molecule has 7 heteroatoms. The third-order valence-corrected chi connectivity index (χ3v) is 1.52. The van der Waals surface area contributed by atoms with Gasteiger partial charge in [-0.15, -0.1) is 5.10 Å². The Morgan fingerprint density at radius 2 is 2.43 bits per heavy atom. The Morgan fingerprint density at radius 3 is 2.86 bits per heavy atom.